The van der Waals surface area contributed by atoms with E-state index in [2.05, 4.69) is 10.7 Å². The number of benzene rings is 2. The number of halogens is 7. The Kier molecular flexibility index (Phi) is 6.27. The van der Waals surface area contributed by atoms with Crippen molar-refractivity contribution in [3.05, 3.63) is 67.8 Å². The maximum Gasteiger partial charge on any atom is 0.416 e. The van der Waals surface area contributed by atoms with Gasteiger partial charge < -0.3 is 5.32 Å². The minimum absolute atomic E-state index is 0.0638. The summed E-state index contributed by atoms with van der Waals surface area (Å²) in [5.74, 6) is -0.529. The van der Waals surface area contributed by atoms with Crippen LogP contribution in [0, 0.1) is 0 Å². The monoisotopic (exact) mass is 483 g/mol. The van der Waals surface area contributed by atoms with Crippen molar-refractivity contribution in [2.24, 2.45) is 0 Å². The summed E-state index contributed by atoms with van der Waals surface area (Å²) in [7, 11) is 0. The molecule has 0 aliphatic carbocycles. The number of nitrogens with one attached hydrogen (secondary N) is 2. The topological polar surface area (TPSA) is 44.4 Å². The molecule has 0 spiro atoms. The van der Waals surface area contributed by atoms with E-state index in [-0.39, 0.29) is 15.7 Å². The molecule has 1 amide bonds. The van der Waals surface area contributed by atoms with Gasteiger partial charge in [0.1, 0.15) is 0 Å². The highest BCUT2D eigenvalue weighted by atomic mass is 35.5. The van der Waals surface area contributed by atoms with Crippen LogP contribution in [0.5, 0.6) is 0 Å². The van der Waals surface area contributed by atoms with Crippen molar-refractivity contribution in [2.45, 2.75) is 19.1 Å². The summed E-state index contributed by atoms with van der Waals surface area (Å²) < 4.78 is 38.8. The molecular weight excluding hydrogens is 473 g/mol. The van der Waals surface area contributed by atoms with Crippen LogP contribution in [0.1, 0.15) is 12.5 Å². The number of nitrogens with zero attached hydrogens (tertiary/aromatic N) is 1. The zero-order valence-electron chi connectivity index (χ0n) is 14.5. The molecule has 3 rings (SSSR count). The maximum atomic E-state index is 12.9. The Bertz CT molecular complexity index is 987. The van der Waals surface area contributed by atoms with Crippen molar-refractivity contribution in [3.63, 3.8) is 0 Å². The molecule has 1 atom stereocenters. The lowest BCUT2D eigenvalue weighted by Crippen LogP contribution is -2.37. The van der Waals surface area contributed by atoms with Gasteiger partial charge in [-0.3, -0.25) is 4.79 Å². The summed E-state index contributed by atoms with van der Waals surface area (Å²) in [6.07, 6.45) is -3.17. The van der Waals surface area contributed by atoms with Crippen LogP contribution in [-0.4, -0.2) is 11.9 Å². The summed E-state index contributed by atoms with van der Waals surface area (Å²) in [5.41, 5.74) is 2.58. The third-order valence-corrected chi connectivity index (χ3v) is 5.25. The third-order valence-electron chi connectivity index (χ3n) is 4.12. The standard InChI is InChI=1S/C18H12Cl4F3N3O/c1-8-11(7-26-15-3-2-10(19)6-12(15)20)17(29)28(27-8)16-13(21)4-9(5-14(16)22)18(23,24)25/h2-8,26-27H,1H3. The van der Waals surface area contributed by atoms with Crippen molar-refractivity contribution in [1.82, 2.24) is 5.43 Å². The third kappa shape index (κ3) is 4.59. The summed E-state index contributed by atoms with van der Waals surface area (Å²) in [5, 5.41) is 4.12. The first-order valence-electron chi connectivity index (χ1n) is 8.07. The molecule has 4 nitrogen and oxygen atoms in total. The van der Waals surface area contributed by atoms with Crippen molar-refractivity contribution < 1.29 is 18.0 Å². The van der Waals surface area contributed by atoms with Gasteiger partial charge in [0.05, 0.1) is 43.6 Å². The maximum absolute atomic E-state index is 12.9. The summed E-state index contributed by atoms with van der Waals surface area (Å²) in [6.45, 7) is 1.70. The van der Waals surface area contributed by atoms with Crippen molar-refractivity contribution in [1.29, 1.82) is 0 Å². The molecule has 11 heteroatoms. The molecule has 0 radical (unpaired) electrons. The van der Waals surface area contributed by atoms with Crippen LogP contribution in [0.15, 0.2) is 42.1 Å². The van der Waals surface area contributed by atoms with Gasteiger partial charge in [-0.1, -0.05) is 46.4 Å². The fraction of sp³-hybridized carbons (Fsp3) is 0.167. The summed E-state index contributed by atoms with van der Waals surface area (Å²) in [6, 6.07) is 5.76. The Labute approximate surface area is 184 Å². The Morgan fingerprint density at radius 2 is 1.69 bits per heavy atom. The van der Waals surface area contributed by atoms with Crippen LogP contribution in [-0.2, 0) is 11.0 Å². The molecular formula is C18H12Cl4F3N3O. The zero-order chi connectivity index (χ0) is 21.5. The first kappa shape index (κ1) is 22.1. The second-order valence-corrected chi connectivity index (χ2v) is 7.80. The van der Waals surface area contributed by atoms with E-state index in [1.165, 1.54) is 12.3 Å². The number of anilines is 2. The van der Waals surface area contributed by atoms with Crippen LogP contribution in [0.25, 0.3) is 0 Å². The molecule has 29 heavy (non-hydrogen) atoms. The van der Waals surface area contributed by atoms with Crippen molar-refractivity contribution in [3.8, 4) is 0 Å². The van der Waals surface area contributed by atoms with Gasteiger partial charge >= 0.3 is 6.18 Å². The molecule has 1 fully saturated rings. The van der Waals surface area contributed by atoms with E-state index >= 15 is 0 Å². The van der Waals surface area contributed by atoms with Gasteiger partial charge in [0.15, 0.2) is 0 Å². The average Bonchev–Trinajstić information content (AvgIpc) is 2.87. The van der Waals surface area contributed by atoms with Gasteiger partial charge in [-0.25, -0.2) is 10.4 Å². The smallest absolute Gasteiger partial charge is 0.360 e. The minimum atomic E-state index is -4.62. The summed E-state index contributed by atoms with van der Waals surface area (Å²) in [4.78, 5) is 12.8. The fourth-order valence-electron chi connectivity index (χ4n) is 2.69. The zero-order valence-corrected chi connectivity index (χ0v) is 17.6. The Morgan fingerprint density at radius 3 is 2.24 bits per heavy atom. The predicted molar refractivity (Wildman–Crippen MR) is 110 cm³/mol. The highest BCUT2D eigenvalue weighted by molar-refractivity contribution is 6.40. The Balaban J connectivity index is 1.90. The molecule has 1 aliphatic heterocycles. The SMILES string of the molecule is CC1NN(c2c(Cl)cc(C(F)(F)F)cc2Cl)C(=O)C1=CNc1ccc(Cl)cc1Cl. The molecule has 154 valence electrons. The van der Waals surface area contributed by atoms with E-state index in [0.29, 0.717) is 21.3 Å². The van der Waals surface area contributed by atoms with E-state index in [9.17, 15) is 18.0 Å². The van der Waals surface area contributed by atoms with Crippen LogP contribution >= 0.6 is 46.4 Å². The van der Waals surface area contributed by atoms with Gasteiger partial charge in [-0.15, -0.1) is 0 Å². The van der Waals surface area contributed by atoms with E-state index in [1.54, 1.807) is 19.1 Å². The summed E-state index contributed by atoms with van der Waals surface area (Å²) >= 11 is 24.0. The highest BCUT2D eigenvalue weighted by Crippen LogP contribution is 2.41. The number of hydrogen-bond donors (Lipinski definition) is 2. The lowest BCUT2D eigenvalue weighted by molar-refractivity contribution is -0.137. The van der Waals surface area contributed by atoms with Crippen molar-refractivity contribution >= 4 is 63.7 Å². The number of carbonyl (C=O) groups excluding carboxylic acids is 1. The first-order valence-corrected chi connectivity index (χ1v) is 9.58. The predicted octanol–water partition coefficient (Wildman–Crippen LogP) is 6.55. The molecule has 2 aromatic carbocycles. The lowest BCUT2D eigenvalue weighted by Gasteiger charge is -2.20. The van der Waals surface area contributed by atoms with Gasteiger partial charge in [-0.2, -0.15) is 13.2 Å². The molecule has 0 saturated carbocycles. The van der Waals surface area contributed by atoms with E-state index in [1.807, 2.05) is 0 Å². The molecule has 1 heterocycles. The fourth-order valence-corrected chi connectivity index (χ4v) is 3.81. The molecule has 1 saturated heterocycles. The molecule has 2 N–H and O–H groups in total. The number of alkyl halides is 3. The number of amides is 1. The number of hydrazine groups is 1. The van der Waals surface area contributed by atoms with E-state index in [4.69, 9.17) is 46.4 Å². The van der Waals surface area contributed by atoms with Gasteiger partial charge in [0.2, 0.25) is 0 Å². The van der Waals surface area contributed by atoms with Crippen LogP contribution in [0.4, 0.5) is 24.5 Å². The Morgan fingerprint density at radius 1 is 1.07 bits per heavy atom. The molecule has 0 bridgehead atoms. The highest BCUT2D eigenvalue weighted by Gasteiger charge is 2.37. The largest absolute Gasteiger partial charge is 0.416 e. The van der Waals surface area contributed by atoms with E-state index in [0.717, 1.165) is 17.1 Å². The van der Waals surface area contributed by atoms with Gasteiger partial charge in [-0.05, 0) is 37.3 Å². The van der Waals surface area contributed by atoms with Crippen molar-refractivity contribution in [2.75, 3.05) is 10.3 Å². The molecule has 0 aromatic heterocycles. The minimum Gasteiger partial charge on any atom is -0.360 e. The van der Waals surface area contributed by atoms with Crippen LogP contribution < -0.4 is 15.8 Å². The first-order chi connectivity index (χ1) is 13.5. The normalized spacial score (nSPS) is 18.6. The quantitative estimate of drug-likeness (QED) is 0.485. The number of rotatable bonds is 3. The molecule has 1 aliphatic rings. The Hall–Kier alpha value is -1.64. The second kappa shape index (κ2) is 8.24. The number of carbonyl (C=O) groups is 1. The molecule has 2 aromatic rings. The average molecular weight is 485 g/mol. The van der Waals surface area contributed by atoms with Crippen LogP contribution in [0.3, 0.4) is 0 Å². The lowest BCUT2D eigenvalue weighted by atomic mass is 10.1. The van der Waals surface area contributed by atoms with Gasteiger partial charge in [0.25, 0.3) is 5.91 Å². The van der Waals surface area contributed by atoms with Gasteiger partial charge in [0, 0.05) is 11.2 Å². The second-order valence-electron chi connectivity index (χ2n) is 6.15. The number of hydrogen-bond acceptors (Lipinski definition) is 3. The van der Waals surface area contributed by atoms with E-state index < -0.39 is 23.7 Å². The van der Waals surface area contributed by atoms with Crippen LogP contribution in [0.2, 0.25) is 20.1 Å². The molecule has 1 unspecified atom stereocenters.